The molecule has 184 valence electrons. The Hall–Kier alpha value is -3.64. The molecule has 1 aliphatic rings. The van der Waals surface area contributed by atoms with Crippen molar-refractivity contribution >= 4 is 32.4 Å². The van der Waals surface area contributed by atoms with Crippen molar-refractivity contribution in [3.8, 4) is 0 Å². The molecule has 1 saturated heterocycles. The summed E-state index contributed by atoms with van der Waals surface area (Å²) in [6.07, 6.45) is 0. The molecule has 35 heavy (non-hydrogen) atoms. The monoisotopic (exact) mass is 499 g/mol. The Balaban J connectivity index is 1.60. The zero-order valence-corrected chi connectivity index (χ0v) is 20.1. The fourth-order valence-electron chi connectivity index (χ4n) is 4.11. The predicted molar refractivity (Wildman–Crippen MR) is 129 cm³/mol. The van der Waals surface area contributed by atoms with Gasteiger partial charge in [-0.3, -0.25) is 19.7 Å². The second-order valence-corrected chi connectivity index (χ2v) is 10.6. The first-order valence-electron chi connectivity index (χ1n) is 11.1. The van der Waals surface area contributed by atoms with E-state index in [-0.39, 0.29) is 48.2 Å². The molecule has 0 atom stereocenters. The molecule has 2 heterocycles. The minimum atomic E-state index is -4.12. The number of hydrogen-bond donors (Lipinski definition) is 0. The molecule has 1 aromatic heterocycles. The molecule has 3 aromatic rings. The molecular formula is C23H25N5O6S. The lowest BCUT2D eigenvalue weighted by Crippen LogP contribution is -2.51. The van der Waals surface area contributed by atoms with Crippen LogP contribution in [0, 0.1) is 16.0 Å². The third kappa shape index (κ3) is 4.66. The van der Waals surface area contributed by atoms with E-state index < -0.39 is 26.5 Å². The Morgan fingerprint density at radius 1 is 1.03 bits per heavy atom. The van der Waals surface area contributed by atoms with Gasteiger partial charge in [-0.2, -0.15) is 9.40 Å². The van der Waals surface area contributed by atoms with Crippen LogP contribution in [-0.2, 0) is 16.6 Å². The van der Waals surface area contributed by atoms with E-state index in [9.17, 15) is 28.1 Å². The lowest BCUT2D eigenvalue weighted by molar-refractivity contribution is -0.387. The molecule has 0 N–H and O–H groups in total. The van der Waals surface area contributed by atoms with Crippen LogP contribution in [-0.4, -0.2) is 64.4 Å². The van der Waals surface area contributed by atoms with Crippen LogP contribution in [0.25, 0.3) is 10.8 Å². The number of sulfonamides is 1. The van der Waals surface area contributed by atoms with Gasteiger partial charge in [0.2, 0.25) is 10.0 Å². The van der Waals surface area contributed by atoms with Gasteiger partial charge in [-0.25, -0.2) is 13.1 Å². The van der Waals surface area contributed by atoms with Gasteiger partial charge in [-0.05, 0) is 18.1 Å². The largest absolute Gasteiger partial charge is 0.335 e. The summed E-state index contributed by atoms with van der Waals surface area (Å²) >= 11 is 0. The Bertz CT molecular complexity index is 1460. The minimum Gasteiger partial charge on any atom is -0.335 e. The molecule has 1 fully saturated rings. The van der Waals surface area contributed by atoms with Crippen LogP contribution in [0.15, 0.2) is 58.2 Å². The second kappa shape index (κ2) is 9.55. The summed E-state index contributed by atoms with van der Waals surface area (Å²) in [4.78, 5) is 38.0. The van der Waals surface area contributed by atoms with Gasteiger partial charge in [0.15, 0.2) is 10.6 Å². The summed E-state index contributed by atoms with van der Waals surface area (Å²) in [7, 11) is -4.12. The molecular weight excluding hydrogens is 474 g/mol. The van der Waals surface area contributed by atoms with E-state index in [1.165, 1.54) is 27.8 Å². The Morgan fingerprint density at radius 3 is 2.26 bits per heavy atom. The quantitative estimate of drug-likeness (QED) is 0.374. The SMILES string of the molecule is CC(C)Cn1nc(C(=O)N2CCN(S(=O)(=O)c3ccccc3[N+](=O)[O-])CC2)c2ccccc2c1=O. The lowest BCUT2D eigenvalue weighted by atomic mass is 10.1. The van der Waals surface area contributed by atoms with E-state index >= 15 is 0 Å². The summed E-state index contributed by atoms with van der Waals surface area (Å²) in [5, 5.41) is 16.5. The van der Waals surface area contributed by atoms with E-state index in [1.54, 1.807) is 24.3 Å². The number of nitro benzene ring substituents is 1. The van der Waals surface area contributed by atoms with Crippen molar-refractivity contribution in [3.05, 3.63) is 74.7 Å². The molecule has 0 bridgehead atoms. The Kier molecular flexibility index (Phi) is 6.68. The number of benzene rings is 2. The first-order valence-corrected chi connectivity index (χ1v) is 12.6. The van der Waals surface area contributed by atoms with Gasteiger partial charge in [0.1, 0.15) is 0 Å². The average molecular weight is 500 g/mol. The molecule has 0 spiro atoms. The topological polar surface area (TPSA) is 136 Å². The fraction of sp³-hybridized carbons (Fsp3) is 0.348. The molecule has 1 aliphatic heterocycles. The minimum absolute atomic E-state index is 0.0241. The van der Waals surface area contributed by atoms with Crippen LogP contribution in [0.3, 0.4) is 0 Å². The van der Waals surface area contributed by atoms with Crippen molar-refractivity contribution < 1.29 is 18.1 Å². The maximum absolute atomic E-state index is 13.4. The van der Waals surface area contributed by atoms with Crippen molar-refractivity contribution in [2.24, 2.45) is 5.92 Å². The number of aromatic nitrogens is 2. The number of rotatable bonds is 6. The van der Waals surface area contributed by atoms with Gasteiger partial charge in [0.25, 0.3) is 17.2 Å². The van der Waals surface area contributed by atoms with Crippen LogP contribution in [0.4, 0.5) is 5.69 Å². The standard InChI is InChI=1S/C23H25N5O6S/c1-16(2)15-27-22(29)18-8-4-3-7-17(18)21(24-27)23(30)25-11-13-26(14-12-25)35(33,34)20-10-6-5-9-19(20)28(31)32/h3-10,16H,11-15H2,1-2H3. The molecule has 4 rings (SSSR count). The van der Waals surface area contributed by atoms with E-state index in [0.717, 1.165) is 10.4 Å². The van der Waals surface area contributed by atoms with Gasteiger partial charge >= 0.3 is 0 Å². The van der Waals surface area contributed by atoms with E-state index in [1.807, 2.05) is 13.8 Å². The maximum atomic E-state index is 13.4. The molecule has 11 nitrogen and oxygen atoms in total. The third-order valence-corrected chi connectivity index (χ3v) is 7.76. The second-order valence-electron chi connectivity index (χ2n) is 8.70. The smallest absolute Gasteiger partial charge is 0.289 e. The number of amides is 1. The van der Waals surface area contributed by atoms with Crippen molar-refractivity contribution in [2.45, 2.75) is 25.3 Å². The highest BCUT2D eigenvalue weighted by Gasteiger charge is 2.35. The van der Waals surface area contributed by atoms with Crippen molar-refractivity contribution in [1.82, 2.24) is 19.0 Å². The van der Waals surface area contributed by atoms with Gasteiger partial charge in [-0.15, -0.1) is 0 Å². The highest BCUT2D eigenvalue weighted by Crippen LogP contribution is 2.27. The third-order valence-electron chi connectivity index (χ3n) is 5.81. The number of carbonyl (C=O) groups excluding carboxylic acids is 1. The van der Waals surface area contributed by atoms with E-state index in [4.69, 9.17) is 0 Å². The van der Waals surface area contributed by atoms with Crippen molar-refractivity contribution in [2.75, 3.05) is 26.2 Å². The molecule has 1 amide bonds. The van der Waals surface area contributed by atoms with Crippen LogP contribution in [0.1, 0.15) is 24.3 Å². The number of piperazine rings is 1. The Morgan fingerprint density at radius 2 is 1.63 bits per heavy atom. The highest BCUT2D eigenvalue weighted by atomic mass is 32.2. The highest BCUT2D eigenvalue weighted by molar-refractivity contribution is 7.89. The molecule has 0 aliphatic carbocycles. The summed E-state index contributed by atoms with van der Waals surface area (Å²) in [5.41, 5.74) is -0.629. The summed E-state index contributed by atoms with van der Waals surface area (Å²) in [6, 6.07) is 12.0. The number of nitro groups is 1. The Labute approximate surface area is 201 Å². The lowest BCUT2D eigenvalue weighted by Gasteiger charge is -2.33. The number of carbonyl (C=O) groups is 1. The predicted octanol–water partition coefficient (Wildman–Crippen LogP) is 2.11. The normalized spacial score (nSPS) is 15.0. The molecule has 0 unspecified atom stereocenters. The van der Waals surface area contributed by atoms with Gasteiger partial charge in [0.05, 0.1) is 10.3 Å². The molecule has 12 heteroatoms. The number of nitrogens with zero attached hydrogens (tertiary/aromatic N) is 5. The summed E-state index contributed by atoms with van der Waals surface area (Å²) in [5.74, 6) is -0.262. The van der Waals surface area contributed by atoms with Crippen LogP contribution in [0.5, 0.6) is 0 Å². The van der Waals surface area contributed by atoms with Gasteiger partial charge in [0, 0.05) is 44.2 Å². The maximum Gasteiger partial charge on any atom is 0.289 e. The zero-order valence-electron chi connectivity index (χ0n) is 19.3. The molecule has 2 aromatic carbocycles. The van der Waals surface area contributed by atoms with Crippen LogP contribution < -0.4 is 5.56 Å². The van der Waals surface area contributed by atoms with Crippen LogP contribution >= 0.6 is 0 Å². The van der Waals surface area contributed by atoms with Gasteiger partial charge < -0.3 is 4.90 Å². The van der Waals surface area contributed by atoms with Crippen molar-refractivity contribution in [3.63, 3.8) is 0 Å². The summed E-state index contributed by atoms with van der Waals surface area (Å²) < 4.78 is 28.6. The fourth-order valence-corrected chi connectivity index (χ4v) is 5.69. The van der Waals surface area contributed by atoms with E-state index in [2.05, 4.69) is 5.10 Å². The first kappa shape index (κ1) is 24.5. The number of hydrogen-bond acceptors (Lipinski definition) is 7. The summed E-state index contributed by atoms with van der Waals surface area (Å²) in [6.45, 7) is 4.36. The average Bonchev–Trinajstić information content (AvgIpc) is 2.85. The van der Waals surface area contributed by atoms with Crippen molar-refractivity contribution in [1.29, 1.82) is 0 Å². The molecule has 0 radical (unpaired) electrons. The zero-order chi connectivity index (χ0) is 25.3. The van der Waals surface area contributed by atoms with Gasteiger partial charge in [-0.1, -0.05) is 44.2 Å². The molecule has 0 saturated carbocycles. The number of fused-ring (bicyclic) bond motifs is 1. The number of para-hydroxylation sites is 1. The van der Waals surface area contributed by atoms with Crippen LogP contribution in [0.2, 0.25) is 0 Å². The van der Waals surface area contributed by atoms with E-state index in [0.29, 0.717) is 17.3 Å². The first-order chi connectivity index (χ1) is 16.6.